The van der Waals surface area contributed by atoms with Gasteiger partial charge in [0.2, 0.25) is 0 Å². The molecule has 2 aromatic rings. The topological polar surface area (TPSA) is 51.4 Å². The maximum Gasteiger partial charge on any atom is 0.142 e. The Morgan fingerprint density at radius 2 is 2.29 bits per heavy atom. The Bertz CT molecular complexity index is 526. The molecule has 1 aliphatic rings. The molecule has 3 rings (SSSR count). The van der Waals surface area contributed by atoms with Crippen molar-refractivity contribution in [2.24, 2.45) is 0 Å². The largest absolute Gasteiger partial charge is 0.490 e. The van der Waals surface area contributed by atoms with Crippen molar-refractivity contribution in [3.63, 3.8) is 0 Å². The number of nitrogen functional groups attached to an aromatic ring is 1. The number of hydrogen-bond donors (Lipinski definition) is 1. The van der Waals surface area contributed by atoms with Crippen LogP contribution in [0.15, 0.2) is 30.3 Å². The van der Waals surface area contributed by atoms with Crippen LogP contribution in [0.3, 0.4) is 0 Å². The molecule has 2 N–H and O–H groups in total. The minimum atomic E-state index is 0.719. The fourth-order valence-corrected chi connectivity index (χ4v) is 2.51. The van der Waals surface area contributed by atoms with E-state index in [0.29, 0.717) is 0 Å². The molecule has 0 amide bonds. The van der Waals surface area contributed by atoms with E-state index in [2.05, 4.69) is 15.3 Å². The van der Waals surface area contributed by atoms with Crippen LogP contribution >= 0.6 is 11.5 Å². The van der Waals surface area contributed by atoms with Gasteiger partial charge in [0.15, 0.2) is 0 Å². The molecule has 1 aliphatic heterocycles. The first-order valence-electron chi connectivity index (χ1n) is 5.51. The normalized spacial score (nSPS) is 14.2. The predicted molar refractivity (Wildman–Crippen MR) is 69.5 cm³/mol. The number of nitrogens with two attached hydrogens (primary N) is 1. The van der Waals surface area contributed by atoms with Crippen LogP contribution in [-0.2, 0) is 6.54 Å². The molecule has 4 nitrogen and oxygen atoms in total. The van der Waals surface area contributed by atoms with E-state index in [0.717, 1.165) is 41.8 Å². The summed E-state index contributed by atoms with van der Waals surface area (Å²) in [7, 11) is 0. The summed E-state index contributed by atoms with van der Waals surface area (Å²) < 4.78 is 9.93. The van der Waals surface area contributed by atoms with Crippen molar-refractivity contribution in [3.05, 3.63) is 36.0 Å². The maximum absolute atomic E-state index is 5.69. The first-order chi connectivity index (χ1) is 8.33. The molecule has 0 aliphatic carbocycles. The second-order valence-electron chi connectivity index (χ2n) is 3.96. The van der Waals surface area contributed by atoms with Crippen LogP contribution < -0.4 is 15.4 Å². The first-order valence-corrected chi connectivity index (χ1v) is 6.28. The molecule has 0 saturated carbocycles. The molecule has 0 spiro atoms. The third-order valence-electron chi connectivity index (χ3n) is 2.75. The lowest BCUT2D eigenvalue weighted by Crippen LogP contribution is -2.32. The van der Waals surface area contributed by atoms with E-state index < -0.39 is 0 Å². The van der Waals surface area contributed by atoms with Gasteiger partial charge in [0.1, 0.15) is 17.4 Å². The Labute approximate surface area is 104 Å². The van der Waals surface area contributed by atoms with Gasteiger partial charge in [-0.15, -0.1) is 0 Å². The van der Waals surface area contributed by atoms with Gasteiger partial charge in [-0.25, -0.2) is 0 Å². The molecule has 5 heteroatoms. The van der Waals surface area contributed by atoms with Gasteiger partial charge in [0, 0.05) is 0 Å². The highest BCUT2D eigenvalue weighted by Gasteiger charge is 2.18. The molecule has 0 radical (unpaired) electrons. The molecular weight excluding hydrogens is 234 g/mol. The van der Waals surface area contributed by atoms with E-state index in [1.807, 2.05) is 24.3 Å². The van der Waals surface area contributed by atoms with Crippen LogP contribution in [0.4, 0.5) is 10.7 Å². The number of anilines is 2. The molecule has 1 aromatic heterocycles. The SMILES string of the molecule is Nc1cc(CN2CCOc3ccccc32)ns1. The average molecular weight is 247 g/mol. The van der Waals surface area contributed by atoms with Gasteiger partial charge in [-0.1, -0.05) is 12.1 Å². The quantitative estimate of drug-likeness (QED) is 0.883. The molecule has 0 saturated heterocycles. The molecule has 0 bridgehead atoms. The molecule has 88 valence electrons. The predicted octanol–water partition coefficient (Wildman–Crippen LogP) is 2.12. The minimum Gasteiger partial charge on any atom is -0.490 e. The lowest BCUT2D eigenvalue weighted by molar-refractivity contribution is 0.307. The molecule has 0 unspecified atom stereocenters. The smallest absolute Gasteiger partial charge is 0.142 e. The van der Waals surface area contributed by atoms with Crippen LogP contribution in [0.1, 0.15) is 5.69 Å². The summed E-state index contributed by atoms with van der Waals surface area (Å²) in [6, 6.07) is 10.0. The van der Waals surface area contributed by atoms with Gasteiger partial charge in [-0.2, -0.15) is 4.37 Å². The number of hydrogen-bond acceptors (Lipinski definition) is 5. The Hall–Kier alpha value is -1.75. The highest BCUT2D eigenvalue weighted by molar-refractivity contribution is 7.10. The van der Waals surface area contributed by atoms with Crippen molar-refractivity contribution in [2.75, 3.05) is 23.8 Å². The number of ether oxygens (including phenoxy) is 1. The third-order valence-corrected chi connectivity index (χ3v) is 3.41. The van der Waals surface area contributed by atoms with E-state index in [9.17, 15) is 0 Å². The van der Waals surface area contributed by atoms with Crippen LogP contribution in [0.5, 0.6) is 5.75 Å². The molecule has 1 aromatic carbocycles. The van der Waals surface area contributed by atoms with Crippen molar-refractivity contribution in [1.82, 2.24) is 4.37 Å². The van der Waals surface area contributed by atoms with Crippen molar-refractivity contribution < 1.29 is 4.74 Å². The van der Waals surface area contributed by atoms with Gasteiger partial charge >= 0.3 is 0 Å². The zero-order valence-electron chi connectivity index (χ0n) is 9.30. The summed E-state index contributed by atoms with van der Waals surface area (Å²) in [5.74, 6) is 0.946. The number of benzene rings is 1. The zero-order chi connectivity index (χ0) is 11.7. The fourth-order valence-electron chi connectivity index (χ4n) is 1.99. The molecular formula is C12H13N3OS. The Morgan fingerprint density at radius 1 is 1.41 bits per heavy atom. The van der Waals surface area contributed by atoms with Gasteiger partial charge in [-0.3, -0.25) is 0 Å². The highest BCUT2D eigenvalue weighted by Crippen LogP contribution is 2.32. The van der Waals surface area contributed by atoms with Crippen molar-refractivity contribution in [2.45, 2.75) is 6.54 Å². The molecule has 17 heavy (non-hydrogen) atoms. The maximum atomic E-state index is 5.69. The van der Waals surface area contributed by atoms with Gasteiger partial charge in [-0.05, 0) is 29.7 Å². The Morgan fingerprint density at radius 3 is 3.12 bits per heavy atom. The van der Waals surface area contributed by atoms with Crippen molar-refractivity contribution in [3.8, 4) is 5.75 Å². The van der Waals surface area contributed by atoms with Crippen molar-refractivity contribution >= 4 is 22.2 Å². The average Bonchev–Trinajstić information content (AvgIpc) is 2.75. The van der Waals surface area contributed by atoms with Gasteiger partial charge in [0.25, 0.3) is 0 Å². The van der Waals surface area contributed by atoms with Crippen molar-refractivity contribution in [1.29, 1.82) is 0 Å². The van der Waals surface area contributed by atoms with E-state index >= 15 is 0 Å². The second kappa shape index (κ2) is 4.25. The van der Waals surface area contributed by atoms with Crippen LogP contribution in [0, 0.1) is 0 Å². The molecule has 0 atom stereocenters. The van der Waals surface area contributed by atoms with Gasteiger partial charge in [0.05, 0.1) is 24.5 Å². The Kier molecular flexibility index (Phi) is 2.60. The van der Waals surface area contributed by atoms with Crippen LogP contribution in [0.25, 0.3) is 0 Å². The summed E-state index contributed by atoms with van der Waals surface area (Å²) in [5, 5.41) is 0.765. The van der Waals surface area contributed by atoms with Gasteiger partial charge < -0.3 is 15.4 Å². The first kappa shape index (κ1) is 10.4. The minimum absolute atomic E-state index is 0.719. The summed E-state index contributed by atoms with van der Waals surface area (Å²) in [4.78, 5) is 2.27. The number of fused-ring (bicyclic) bond motifs is 1. The van der Waals surface area contributed by atoms with Crippen LogP contribution in [-0.4, -0.2) is 17.5 Å². The molecule has 2 heterocycles. The second-order valence-corrected chi connectivity index (χ2v) is 4.79. The fraction of sp³-hybridized carbons (Fsp3) is 0.250. The highest BCUT2D eigenvalue weighted by atomic mass is 32.1. The molecule has 0 fully saturated rings. The third kappa shape index (κ3) is 2.06. The lowest BCUT2D eigenvalue weighted by Gasteiger charge is -2.30. The van der Waals surface area contributed by atoms with Crippen LogP contribution in [0.2, 0.25) is 0 Å². The number of nitrogens with zero attached hydrogens (tertiary/aromatic N) is 2. The lowest BCUT2D eigenvalue weighted by atomic mass is 10.2. The standard InChI is InChI=1S/C12H13N3OS/c13-12-7-9(14-17-12)8-15-5-6-16-11-4-2-1-3-10(11)15/h1-4,7H,5-6,8,13H2. The Balaban J connectivity index is 1.85. The van der Waals surface area contributed by atoms with E-state index in [4.69, 9.17) is 10.5 Å². The summed E-state index contributed by atoms with van der Waals surface area (Å²) in [6.45, 7) is 2.39. The summed E-state index contributed by atoms with van der Waals surface area (Å²) in [5.41, 5.74) is 7.84. The number of aromatic nitrogens is 1. The summed E-state index contributed by atoms with van der Waals surface area (Å²) in [6.07, 6.45) is 0. The van der Waals surface area contributed by atoms with E-state index in [-0.39, 0.29) is 0 Å². The van der Waals surface area contributed by atoms with E-state index in [1.54, 1.807) is 0 Å². The number of para-hydroxylation sites is 2. The monoisotopic (exact) mass is 247 g/mol. The number of rotatable bonds is 2. The summed E-state index contributed by atoms with van der Waals surface area (Å²) >= 11 is 1.34. The van der Waals surface area contributed by atoms with E-state index in [1.165, 1.54) is 11.5 Å². The zero-order valence-corrected chi connectivity index (χ0v) is 10.1.